The first-order valence-electron chi connectivity index (χ1n) is 4.39. The molecule has 0 aliphatic carbocycles. The number of hydrazone groups is 1. The summed E-state index contributed by atoms with van der Waals surface area (Å²) in [6, 6.07) is 0. The molecule has 0 amide bonds. The molecule has 8 heteroatoms. The van der Waals surface area contributed by atoms with Crippen LogP contribution in [0, 0.1) is 0 Å². The molecule has 1 aliphatic heterocycles. The fourth-order valence-electron chi connectivity index (χ4n) is 0.612. The van der Waals surface area contributed by atoms with Crippen molar-refractivity contribution in [1.82, 2.24) is 5.43 Å². The van der Waals surface area contributed by atoms with E-state index in [9.17, 15) is 9.59 Å². The molecule has 0 saturated heterocycles. The Hall–Kier alpha value is -2.19. The Morgan fingerprint density at radius 2 is 1.53 bits per heavy atom. The molecular weight excluding hydrogens is 232 g/mol. The third-order valence-electron chi connectivity index (χ3n) is 1.43. The highest BCUT2D eigenvalue weighted by Crippen LogP contribution is 1.92. The van der Waals surface area contributed by atoms with Gasteiger partial charge < -0.3 is 20.4 Å². The van der Waals surface area contributed by atoms with Crippen LogP contribution < -0.4 is 5.43 Å². The van der Waals surface area contributed by atoms with Gasteiger partial charge in [-0.3, -0.25) is 5.43 Å². The third-order valence-corrected chi connectivity index (χ3v) is 1.43. The van der Waals surface area contributed by atoms with Crippen molar-refractivity contribution in [2.45, 2.75) is 12.2 Å². The first kappa shape index (κ1) is 14.8. The van der Waals surface area contributed by atoms with Gasteiger partial charge in [0.2, 0.25) is 0 Å². The van der Waals surface area contributed by atoms with Crippen LogP contribution >= 0.6 is 0 Å². The first-order valence-corrected chi connectivity index (χ1v) is 4.39. The van der Waals surface area contributed by atoms with Crippen LogP contribution in [0.4, 0.5) is 0 Å². The van der Waals surface area contributed by atoms with Crippen molar-refractivity contribution in [3.8, 4) is 0 Å². The average Bonchev–Trinajstić information content (AvgIpc) is 2.59. The number of allylic oxidation sites excluding steroid dienone is 3. The van der Waals surface area contributed by atoms with Gasteiger partial charge in [-0.15, -0.1) is 0 Å². The minimum absolute atomic E-state index is 1.69. The van der Waals surface area contributed by atoms with Crippen molar-refractivity contribution in [2.75, 3.05) is 0 Å². The highest BCUT2D eigenvalue weighted by atomic mass is 16.4. The van der Waals surface area contributed by atoms with Crippen molar-refractivity contribution < 1.29 is 30.0 Å². The van der Waals surface area contributed by atoms with E-state index < -0.39 is 24.1 Å². The van der Waals surface area contributed by atoms with Gasteiger partial charge in [0.1, 0.15) is 0 Å². The predicted octanol–water partition coefficient (Wildman–Crippen LogP) is -1.48. The lowest BCUT2D eigenvalue weighted by atomic mass is 10.2. The number of carboxylic acids is 2. The summed E-state index contributed by atoms with van der Waals surface area (Å²) in [4.78, 5) is 19.5. The lowest BCUT2D eigenvalue weighted by Crippen LogP contribution is -2.39. The van der Waals surface area contributed by atoms with Gasteiger partial charge >= 0.3 is 11.9 Å². The number of carboxylic acid groups (broad SMARTS) is 2. The molecule has 17 heavy (non-hydrogen) atoms. The maximum absolute atomic E-state index is 9.77. The number of hydrogen-bond acceptors (Lipinski definition) is 6. The first-order chi connectivity index (χ1) is 7.96. The van der Waals surface area contributed by atoms with E-state index in [0.29, 0.717) is 0 Å². The summed E-state index contributed by atoms with van der Waals surface area (Å²) in [5.41, 5.74) is 2.67. The Kier molecular flexibility index (Phi) is 6.99. The molecule has 2 atom stereocenters. The maximum Gasteiger partial charge on any atom is 0.335 e. The molecule has 1 aliphatic rings. The van der Waals surface area contributed by atoms with Gasteiger partial charge in [-0.25, -0.2) is 9.59 Å². The SMILES string of the molecule is C1=CC=NNC=C1.O=C(O)[C@H](O)[C@@H](O)C(=O)O. The van der Waals surface area contributed by atoms with Crippen molar-refractivity contribution in [2.24, 2.45) is 5.10 Å². The number of hydrogen-bond donors (Lipinski definition) is 5. The van der Waals surface area contributed by atoms with Gasteiger partial charge in [0, 0.05) is 12.4 Å². The van der Waals surface area contributed by atoms with Crippen LogP contribution in [0.2, 0.25) is 0 Å². The Bertz CT molecular complexity index is 317. The third kappa shape index (κ3) is 6.82. The number of aliphatic carboxylic acids is 2. The fraction of sp³-hybridized carbons (Fsp3) is 0.222. The molecule has 0 fully saturated rings. The average molecular weight is 244 g/mol. The van der Waals surface area contributed by atoms with E-state index in [0.717, 1.165) is 0 Å². The fourth-order valence-corrected chi connectivity index (χ4v) is 0.612. The van der Waals surface area contributed by atoms with Crippen LogP contribution in [0.15, 0.2) is 29.5 Å². The van der Waals surface area contributed by atoms with Gasteiger partial charge in [-0.05, 0) is 12.2 Å². The zero-order valence-electron chi connectivity index (χ0n) is 8.59. The molecule has 0 saturated carbocycles. The van der Waals surface area contributed by atoms with Crippen molar-refractivity contribution in [3.63, 3.8) is 0 Å². The Morgan fingerprint density at radius 1 is 1.00 bits per heavy atom. The van der Waals surface area contributed by atoms with E-state index in [1.54, 1.807) is 12.4 Å². The van der Waals surface area contributed by atoms with Crippen molar-refractivity contribution in [3.05, 3.63) is 24.4 Å². The van der Waals surface area contributed by atoms with Gasteiger partial charge in [0.05, 0.1) is 0 Å². The molecule has 5 N–H and O–H groups in total. The zero-order chi connectivity index (χ0) is 13.3. The Balaban J connectivity index is 0.000000318. The number of nitrogens with one attached hydrogen (secondary N) is 1. The molecule has 94 valence electrons. The molecule has 0 bridgehead atoms. The molecule has 1 rings (SSSR count). The van der Waals surface area contributed by atoms with E-state index in [4.69, 9.17) is 20.4 Å². The van der Waals surface area contributed by atoms with Gasteiger partial charge in [0.25, 0.3) is 0 Å². The second-order valence-corrected chi connectivity index (χ2v) is 2.72. The van der Waals surface area contributed by atoms with E-state index in [2.05, 4.69) is 10.5 Å². The smallest absolute Gasteiger partial charge is 0.335 e. The summed E-state index contributed by atoms with van der Waals surface area (Å²) in [7, 11) is 0. The van der Waals surface area contributed by atoms with Gasteiger partial charge in [-0.1, -0.05) is 6.08 Å². The highest BCUT2D eigenvalue weighted by Gasteiger charge is 2.29. The molecule has 1 heterocycles. The van der Waals surface area contributed by atoms with Gasteiger partial charge in [-0.2, -0.15) is 5.10 Å². The molecular formula is C9H12N2O6. The summed E-state index contributed by atoms with van der Waals surface area (Å²) >= 11 is 0. The van der Waals surface area contributed by atoms with E-state index >= 15 is 0 Å². The summed E-state index contributed by atoms with van der Waals surface area (Å²) in [6.07, 6.45) is 4.57. The number of carbonyl (C=O) groups is 2. The van der Waals surface area contributed by atoms with E-state index in [1.807, 2.05) is 18.2 Å². The lowest BCUT2D eigenvalue weighted by Gasteiger charge is -2.07. The second-order valence-electron chi connectivity index (χ2n) is 2.72. The van der Waals surface area contributed by atoms with Crippen molar-refractivity contribution >= 4 is 18.2 Å². The second kappa shape index (κ2) is 8.02. The quantitative estimate of drug-likeness (QED) is 0.408. The molecule has 8 nitrogen and oxygen atoms in total. The number of nitrogens with zero attached hydrogens (tertiary/aromatic N) is 1. The summed E-state index contributed by atoms with van der Waals surface area (Å²) in [6.45, 7) is 0. The minimum Gasteiger partial charge on any atom is -0.479 e. The normalized spacial score (nSPS) is 15.9. The van der Waals surface area contributed by atoms with Crippen LogP contribution in [-0.2, 0) is 9.59 Å². The predicted molar refractivity (Wildman–Crippen MR) is 57.2 cm³/mol. The summed E-state index contributed by atoms with van der Waals surface area (Å²) < 4.78 is 0. The highest BCUT2D eigenvalue weighted by molar-refractivity contribution is 5.83. The maximum atomic E-state index is 9.77. The molecule has 0 aromatic heterocycles. The van der Waals surface area contributed by atoms with Crippen LogP contribution in [0.25, 0.3) is 0 Å². The Morgan fingerprint density at radius 3 is 2.00 bits per heavy atom. The van der Waals surface area contributed by atoms with E-state index in [-0.39, 0.29) is 0 Å². The zero-order valence-corrected chi connectivity index (χ0v) is 8.59. The number of aliphatic hydroxyl groups excluding tert-OH is 2. The Labute approximate surface area is 96.2 Å². The number of rotatable bonds is 3. The van der Waals surface area contributed by atoms with Crippen LogP contribution in [-0.4, -0.2) is 50.8 Å². The van der Waals surface area contributed by atoms with Crippen LogP contribution in [0.3, 0.4) is 0 Å². The standard InChI is InChI=1S/C5H6N2.C4H6O6/c1-2-4-6-7-5-3-1;5-1(3(7)8)2(6)4(9)10/h1-6H;1-2,5-6H,(H,7,8)(H,9,10)/t;1-,2-/m.1/s1. The molecule has 0 aromatic rings. The largest absolute Gasteiger partial charge is 0.479 e. The molecule has 0 radical (unpaired) electrons. The molecule has 0 spiro atoms. The van der Waals surface area contributed by atoms with Crippen LogP contribution in [0.1, 0.15) is 0 Å². The van der Waals surface area contributed by atoms with Gasteiger partial charge in [0.15, 0.2) is 12.2 Å². The monoisotopic (exact) mass is 244 g/mol. The summed E-state index contributed by atoms with van der Waals surface area (Å²) in [5.74, 6) is -3.54. The van der Waals surface area contributed by atoms with E-state index in [1.165, 1.54) is 0 Å². The molecule has 0 aromatic carbocycles. The van der Waals surface area contributed by atoms with Crippen molar-refractivity contribution in [1.29, 1.82) is 0 Å². The molecule has 0 unspecified atom stereocenters. The topological polar surface area (TPSA) is 139 Å². The minimum atomic E-state index is -2.27. The number of aliphatic hydroxyl groups is 2. The lowest BCUT2D eigenvalue weighted by molar-refractivity contribution is -0.165. The summed E-state index contributed by atoms with van der Waals surface area (Å²) in [5, 5.41) is 36.2. The van der Waals surface area contributed by atoms with Crippen LogP contribution in [0.5, 0.6) is 0 Å².